The number of imide groups is 1. The highest BCUT2D eigenvalue weighted by Crippen LogP contribution is 2.23. The maximum Gasteiger partial charge on any atom is 0.261 e. The molecule has 0 unspecified atom stereocenters. The van der Waals surface area contributed by atoms with Crippen LogP contribution in [0.2, 0.25) is 0 Å². The summed E-state index contributed by atoms with van der Waals surface area (Å²) in [5.74, 6) is 0.488. The van der Waals surface area contributed by atoms with Crippen molar-refractivity contribution in [1.29, 1.82) is 0 Å². The molecule has 0 saturated carbocycles. The maximum atomic E-state index is 12.2. The van der Waals surface area contributed by atoms with Gasteiger partial charge in [-0.15, -0.1) is 0 Å². The number of para-hydroxylation sites is 1. The minimum absolute atomic E-state index is 0.191. The topological polar surface area (TPSA) is 46.6 Å². The molecule has 118 valence electrons. The number of fused-ring (bicyclic) bond motifs is 1. The first-order valence-electron chi connectivity index (χ1n) is 7.51. The van der Waals surface area contributed by atoms with Crippen molar-refractivity contribution in [3.8, 4) is 5.75 Å². The predicted octanol–water partition coefficient (Wildman–Crippen LogP) is 3.75. The van der Waals surface area contributed by atoms with Crippen molar-refractivity contribution in [2.24, 2.45) is 0 Å². The van der Waals surface area contributed by atoms with E-state index in [1.807, 2.05) is 24.3 Å². The van der Waals surface area contributed by atoms with Gasteiger partial charge >= 0.3 is 0 Å². The third-order valence-electron chi connectivity index (χ3n) is 3.75. The van der Waals surface area contributed by atoms with Crippen LogP contribution < -0.4 is 4.74 Å². The molecule has 4 nitrogen and oxygen atoms in total. The molecule has 1 aliphatic heterocycles. The van der Waals surface area contributed by atoms with Gasteiger partial charge in [-0.25, -0.2) is 0 Å². The second-order valence-electron chi connectivity index (χ2n) is 5.29. The van der Waals surface area contributed by atoms with Crippen LogP contribution in [0.3, 0.4) is 0 Å². The van der Waals surface area contributed by atoms with Gasteiger partial charge in [-0.05, 0) is 59.7 Å². The van der Waals surface area contributed by atoms with Gasteiger partial charge in [0.05, 0.1) is 21.3 Å². The first-order chi connectivity index (χ1) is 11.2. The van der Waals surface area contributed by atoms with Crippen LogP contribution in [0.1, 0.15) is 33.6 Å². The first kappa shape index (κ1) is 16.0. The lowest BCUT2D eigenvalue weighted by Crippen LogP contribution is -2.30. The van der Waals surface area contributed by atoms with Crippen molar-refractivity contribution in [1.82, 2.24) is 4.90 Å². The van der Waals surface area contributed by atoms with Crippen molar-refractivity contribution in [3.05, 3.63) is 63.2 Å². The number of ether oxygens (including phenoxy) is 1. The van der Waals surface area contributed by atoms with Crippen LogP contribution in [-0.4, -0.2) is 29.9 Å². The summed E-state index contributed by atoms with van der Waals surface area (Å²) in [5, 5.41) is 0. The summed E-state index contributed by atoms with van der Waals surface area (Å²) in [6.45, 7) is 1.00. The van der Waals surface area contributed by atoms with Gasteiger partial charge < -0.3 is 4.74 Å². The van der Waals surface area contributed by atoms with Crippen molar-refractivity contribution in [3.63, 3.8) is 0 Å². The van der Waals surface area contributed by atoms with Crippen LogP contribution in [-0.2, 0) is 0 Å². The van der Waals surface area contributed by atoms with Gasteiger partial charge in [-0.1, -0.05) is 24.3 Å². The Hall–Kier alpha value is -1.89. The molecule has 2 aromatic carbocycles. The minimum Gasteiger partial charge on any atom is -0.492 e. The number of hydrogen-bond acceptors (Lipinski definition) is 3. The van der Waals surface area contributed by atoms with Gasteiger partial charge in [0.1, 0.15) is 5.75 Å². The fourth-order valence-electron chi connectivity index (χ4n) is 2.56. The molecule has 0 fully saturated rings. The lowest BCUT2D eigenvalue weighted by molar-refractivity contribution is 0.0649. The van der Waals surface area contributed by atoms with Gasteiger partial charge in [-0.3, -0.25) is 14.5 Å². The Labute approximate surface area is 148 Å². The Morgan fingerprint density at radius 1 is 0.870 bits per heavy atom. The van der Waals surface area contributed by atoms with E-state index in [0.717, 1.165) is 22.2 Å². The van der Waals surface area contributed by atoms with E-state index in [-0.39, 0.29) is 11.8 Å². The van der Waals surface area contributed by atoms with Gasteiger partial charge in [0.2, 0.25) is 0 Å². The van der Waals surface area contributed by atoms with Gasteiger partial charge in [0.25, 0.3) is 11.8 Å². The molecule has 0 radical (unpaired) electrons. The van der Waals surface area contributed by atoms with E-state index in [0.29, 0.717) is 24.3 Å². The SMILES string of the molecule is O=C1c2ccccc2C(=O)N1CCCCOc1ccccc1I. The van der Waals surface area contributed by atoms with Crippen molar-refractivity contribution < 1.29 is 14.3 Å². The van der Waals surface area contributed by atoms with Crippen molar-refractivity contribution >= 4 is 34.4 Å². The number of rotatable bonds is 6. The molecule has 23 heavy (non-hydrogen) atoms. The Morgan fingerprint density at radius 3 is 2.13 bits per heavy atom. The van der Waals surface area contributed by atoms with Crippen LogP contribution in [0.25, 0.3) is 0 Å². The summed E-state index contributed by atoms with van der Waals surface area (Å²) in [6.07, 6.45) is 1.52. The smallest absolute Gasteiger partial charge is 0.261 e. The van der Waals surface area contributed by atoms with Crippen LogP contribution >= 0.6 is 22.6 Å². The fraction of sp³-hybridized carbons (Fsp3) is 0.222. The van der Waals surface area contributed by atoms with E-state index in [9.17, 15) is 9.59 Å². The molecule has 3 rings (SSSR count). The molecular formula is C18H16INO3. The Balaban J connectivity index is 1.48. The largest absolute Gasteiger partial charge is 0.492 e. The summed E-state index contributed by atoms with van der Waals surface area (Å²) < 4.78 is 6.80. The van der Waals surface area contributed by atoms with Gasteiger partial charge in [0, 0.05) is 6.54 Å². The molecule has 2 aromatic rings. The van der Waals surface area contributed by atoms with Gasteiger partial charge in [0.15, 0.2) is 0 Å². The van der Waals surface area contributed by atoms with Crippen LogP contribution in [0.15, 0.2) is 48.5 Å². The molecule has 5 heteroatoms. The summed E-state index contributed by atoms with van der Waals surface area (Å²) in [5.41, 5.74) is 1.01. The zero-order valence-corrected chi connectivity index (χ0v) is 14.7. The first-order valence-corrected chi connectivity index (χ1v) is 8.59. The summed E-state index contributed by atoms with van der Waals surface area (Å²) >= 11 is 2.24. The zero-order valence-electron chi connectivity index (χ0n) is 12.5. The number of amides is 2. The quantitative estimate of drug-likeness (QED) is 0.406. The minimum atomic E-state index is -0.191. The zero-order chi connectivity index (χ0) is 16.2. The van der Waals surface area contributed by atoms with Crippen LogP contribution in [0.4, 0.5) is 0 Å². The van der Waals surface area contributed by atoms with E-state index in [1.54, 1.807) is 24.3 Å². The molecular weight excluding hydrogens is 405 g/mol. The molecule has 2 amide bonds. The molecule has 0 aliphatic carbocycles. The highest BCUT2D eigenvalue weighted by atomic mass is 127. The molecule has 1 aliphatic rings. The van der Waals surface area contributed by atoms with Crippen LogP contribution in [0.5, 0.6) is 5.75 Å². The third-order valence-corrected chi connectivity index (χ3v) is 4.64. The molecule has 0 spiro atoms. The lowest BCUT2D eigenvalue weighted by Gasteiger charge is -2.14. The highest BCUT2D eigenvalue weighted by molar-refractivity contribution is 14.1. The van der Waals surface area contributed by atoms with E-state index in [4.69, 9.17) is 4.74 Å². The van der Waals surface area contributed by atoms with Crippen molar-refractivity contribution in [2.75, 3.05) is 13.2 Å². The molecule has 0 aromatic heterocycles. The second-order valence-corrected chi connectivity index (χ2v) is 6.46. The van der Waals surface area contributed by atoms with Gasteiger partial charge in [-0.2, -0.15) is 0 Å². The summed E-state index contributed by atoms with van der Waals surface area (Å²) in [6, 6.07) is 14.8. The number of benzene rings is 2. The predicted molar refractivity (Wildman–Crippen MR) is 95.7 cm³/mol. The number of nitrogens with zero attached hydrogens (tertiary/aromatic N) is 1. The number of unbranched alkanes of at least 4 members (excludes halogenated alkanes) is 1. The normalized spacial score (nSPS) is 13.3. The number of halogens is 1. The number of carbonyl (C=O) groups excluding carboxylic acids is 2. The molecule has 0 bridgehead atoms. The summed E-state index contributed by atoms with van der Waals surface area (Å²) in [7, 11) is 0. The van der Waals surface area contributed by atoms with E-state index >= 15 is 0 Å². The van der Waals surface area contributed by atoms with E-state index in [2.05, 4.69) is 22.6 Å². The maximum absolute atomic E-state index is 12.2. The number of carbonyl (C=O) groups is 2. The Kier molecular flexibility index (Phi) is 4.95. The Morgan fingerprint density at radius 2 is 1.48 bits per heavy atom. The van der Waals surface area contributed by atoms with Crippen LogP contribution in [0, 0.1) is 3.57 Å². The summed E-state index contributed by atoms with van der Waals surface area (Å²) in [4.78, 5) is 25.8. The second kappa shape index (κ2) is 7.12. The molecule has 0 atom stereocenters. The third kappa shape index (κ3) is 3.39. The lowest BCUT2D eigenvalue weighted by atomic mass is 10.1. The van der Waals surface area contributed by atoms with Crippen molar-refractivity contribution in [2.45, 2.75) is 12.8 Å². The van der Waals surface area contributed by atoms with E-state index < -0.39 is 0 Å². The van der Waals surface area contributed by atoms with E-state index in [1.165, 1.54) is 4.90 Å². The molecule has 0 N–H and O–H groups in total. The monoisotopic (exact) mass is 421 g/mol. The Bertz CT molecular complexity index is 710. The standard InChI is InChI=1S/C18H16INO3/c19-15-9-3-4-10-16(15)23-12-6-5-11-20-17(21)13-7-1-2-8-14(13)18(20)22/h1-4,7-10H,5-6,11-12H2. The number of hydrogen-bond donors (Lipinski definition) is 0. The fourth-order valence-corrected chi connectivity index (χ4v) is 3.10. The average Bonchev–Trinajstić information content (AvgIpc) is 2.81. The highest BCUT2D eigenvalue weighted by Gasteiger charge is 2.34. The molecule has 1 heterocycles. The molecule has 0 saturated heterocycles. The average molecular weight is 421 g/mol.